The fraction of sp³-hybridized carbons (Fsp3) is 0.364. The van der Waals surface area contributed by atoms with Gasteiger partial charge in [-0.25, -0.2) is 0 Å². The zero-order chi connectivity index (χ0) is 18.7. The van der Waals surface area contributed by atoms with E-state index in [1.54, 1.807) is 11.8 Å². The molecule has 1 atom stereocenters. The molecule has 0 spiro atoms. The lowest BCUT2D eigenvalue weighted by atomic mass is 10.1. The van der Waals surface area contributed by atoms with E-state index >= 15 is 0 Å². The van der Waals surface area contributed by atoms with E-state index in [1.165, 1.54) is 11.1 Å². The molecule has 3 rings (SSSR count). The quantitative estimate of drug-likeness (QED) is 0.819. The Morgan fingerprint density at radius 1 is 1.12 bits per heavy atom. The summed E-state index contributed by atoms with van der Waals surface area (Å²) in [7, 11) is 0. The number of benzene rings is 2. The molecule has 0 fully saturated rings. The van der Waals surface area contributed by atoms with Crippen molar-refractivity contribution in [2.75, 3.05) is 16.3 Å². The predicted octanol–water partition coefficient (Wildman–Crippen LogP) is 3.97. The van der Waals surface area contributed by atoms with Crippen LogP contribution < -0.4 is 9.80 Å². The van der Waals surface area contributed by atoms with Gasteiger partial charge in [-0.3, -0.25) is 9.59 Å². The fourth-order valence-corrected chi connectivity index (χ4v) is 3.65. The number of aryl methyl sites for hydroxylation is 1. The summed E-state index contributed by atoms with van der Waals surface area (Å²) < 4.78 is 0. The van der Waals surface area contributed by atoms with E-state index in [1.807, 2.05) is 47.4 Å². The second kappa shape index (κ2) is 7.73. The molecule has 1 aliphatic heterocycles. The third-order valence-corrected chi connectivity index (χ3v) is 5.06. The second-order valence-corrected chi connectivity index (χ2v) is 6.89. The Hall–Kier alpha value is -2.62. The molecule has 2 aromatic carbocycles. The van der Waals surface area contributed by atoms with Crippen molar-refractivity contribution in [2.45, 2.75) is 46.1 Å². The van der Waals surface area contributed by atoms with E-state index in [9.17, 15) is 9.59 Å². The summed E-state index contributed by atoms with van der Waals surface area (Å²) in [5.74, 6) is 0.0239. The summed E-state index contributed by atoms with van der Waals surface area (Å²) in [6, 6.07) is 16.2. The van der Waals surface area contributed by atoms with Crippen molar-refractivity contribution in [2.24, 2.45) is 0 Å². The number of rotatable bonds is 5. The average molecular weight is 350 g/mol. The number of amides is 2. The lowest BCUT2D eigenvalue weighted by Gasteiger charge is -2.26. The lowest BCUT2D eigenvalue weighted by molar-refractivity contribution is -0.119. The van der Waals surface area contributed by atoms with Crippen LogP contribution in [-0.2, 0) is 22.4 Å². The molecule has 0 radical (unpaired) electrons. The van der Waals surface area contributed by atoms with Crippen LogP contribution in [0.4, 0.5) is 11.4 Å². The zero-order valence-electron chi connectivity index (χ0n) is 15.7. The summed E-state index contributed by atoms with van der Waals surface area (Å²) in [6.45, 7) is 6.12. The summed E-state index contributed by atoms with van der Waals surface area (Å²) in [5, 5.41) is 0. The van der Waals surface area contributed by atoms with E-state index in [0.29, 0.717) is 13.0 Å². The van der Waals surface area contributed by atoms with Gasteiger partial charge in [-0.2, -0.15) is 0 Å². The lowest BCUT2D eigenvalue weighted by Crippen LogP contribution is -2.39. The molecular weight excluding hydrogens is 324 g/mol. The molecule has 1 unspecified atom stereocenters. The molecule has 0 N–H and O–H groups in total. The molecule has 0 saturated carbocycles. The van der Waals surface area contributed by atoms with Gasteiger partial charge < -0.3 is 9.80 Å². The van der Waals surface area contributed by atoms with Crippen molar-refractivity contribution in [3.8, 4) is 0 Å². The standard InChI is InChI=1S/C22H26N2O2/c1-4-18-9-11-20(12-10-18)23(17(3)25)14-13-22(26)24-16(2)15-19-7-5-6-8-21(19)24/h5-12,16H,4,13-15H2,1-3H3. The maximum absolute atomic E-state index is 12.9. The van der Waals surface area contributed by atoms with Crippen molar-refractivity contribution in [3.05, 3.63) is 59.7 Å². The highest BCUT2D eigenvalue weighted by Crippen LogP contribution is 2.32. The van der Waals surface area contributed by atoms with Gasteiger partial charge >= 0.3 is 0 Å². The molecule has 1 aliphatic rings. The molecule has 2 aromatic rings. The van der Waals surface area contributed by atoms with Crippen LogP contribution in [0.2, 0.25) is 0 Å². The number of hydrogen-bond donors (Lipinski definition) is 0. The first-order chi connectivity index (χ1) is 12.5. The van der Waals surface area contributed by atoms with Crippen molar-refractivity contribution < 1.29 is 9.59 Å². The predicted molar refractivity (Wildman–Crippen MR) is 106 cm³/mol. The molecule has 0 bridgehead atoms. The molecule has 0 saturated heterocycles. The molecule has 136 valence electrons. The van der Waals surface area contributed by atoms with E-state index in [0.717, 1.165) is 24.2 Å². The maximum Gasteiger partial charge on any atom is 0.229 e. The summed E-state index contributed by atoms with van der Waals surface area (Å²) >= 11 is 0. The number of anilines is 2. The first-order valence-electron chi connectivity index (χ1n) is 9.28. The highest BCUT2D eigenvalue weighted by molar-refractivity contribution is 5.98. The number of hydrogen-bond acceptors (Lipinski definition) is 2. The van der Waals surface area contributed by atoms with E-state index < -0.39 is 0 Å². The van der Waals surface area contributed by atoms with Gasteiger partial charge in [0.15, 0.2) is 0 Å². The second-order valence-electron chi connectivity index (χ2n) is 6.89. The van der Waals surface area contributed by atoms with Crippen LogP contribution in [0.15, 0.2) is 48.5 Å². The Bertz CT molecular complexity index is 798. The van der Waals surface area contributed by atoms with Crippen LogP contribution in [0, 0.1) is 0 Å². The highest BCUT2D eigenvalue weighted by atomic mass is 16.2. The van der Waals surface area contributed by atoms with E-state index in [4.69, 9.17) is 0 Å². The van der Waals surface area contributed by atoms with Gasteiger partial charge in [0, 0.05) is 37.3 Å². The Morgan fingerprint density at radius 2 is 1.81 bits per heavy atom. The normalized spacial score (nSPS) is 15.7. The molecule has 0 aliphatic carbocycles. The monoisotopic (exact) mass is 350 g/mol. The summed E-state index contributed by atoms with van der Waals surface area (Å²) in [4.78, 5) is 28.5. The largest absolute Gasteiger partial charge is 0.312 e. The Labute approximate surface area is 155 Å². The van der Waals surface area contributed by atoms with Crippen LogP contribution in [0.1, 0.15) is 38.3 Å². The minimum absolute atomic E-state index is 0.0445. The first-order valence-corrected chi connectivity index (χ1v) is 9.28. The molecule has 1 heterocycles. The van der Waals surface area contributed by atoms with E-state index in [2.05, 4.69) is 19.9 Å². The summed E-state index contributed by atoms with van der Waals surface area (Å²) in [6.07, 6.45) is 2.16. The van der Waals surface area contributed by atoms with Gasteiger partial charge in [-0.1, -0.05) is 37.3 Å². The van der Waals surface area contributed by atoms with Crippen LogP contribution in [0.3, 0.4) is 0 Å². The Kier molecular flexibility index (Phi) is 5.40. The highest BCUT2D eigenvalue weighted by Gasteiger charge is 2.30. The zero-order valence-corrected chi connectivity index (χ0v) is 15.7. The number of para-hydroxylation sites is 1. The Balaban J connectivity index is 1.71. The van der Waals surface area contributed by atoms with Crippen LogP contribution in [0.5, 0.6) is 0 Å². The van der Waals surface area contributed by atoms with Crippen molar-refractivity contribution in [1.82, 2.24) is 0 Å². The van der Waals surface area contributed by atoms with Crippen LogP contribution in [-0.4, -0.2) is 24.4 Å². The fourth-order valence-electron chi connectivity index (χ4n) is 3.65. The van der Waals surface area contributed by atoms with Gasteiger partial charge in [0.25, 0.3) is 0 Å². The smallest absolute Gasteiger partial charge is 0.229 e. The van der Waals surface area contributed by atoms with Crippen molar-refractivity contribution in [3.63, 3.8) is 0 Å². The molecular formula is C22H26N2O2. The van der Waals surface area contributed by atoms with Crippen LogP contribution in [0.25, 0.3) is 0 Å². The maximum atomic E-state index is 12.9. The third-order valence-electron chi connectivity index (χ3n) is 5.06. The van der Waals surface area contributed by atoms with Crippen LogP contribution >= 0.6 is 0 Å². The third kappa shape index (κ3) is 3.64. The van der Waals surface area contributed by atoms with Crippen molar-refractivity contribution >= 4 is 23.2 Å². The minimum Gasteiger partial charge on any atom is -0.312 e. The molecule has 4 heteroatoms. The minimum atomic E-state index is -0.0445. The molecule has 0 aromatic heterocycles. The van der Waals surface area contributed by atoms with Gasteiger partial charge in [0.1, 0.15) is 0 Å². The number of carbonyl (C=O) groups is 2. The molecule has 26 heavy (non-hydrogen) atoms. The number of nitrogens with zero attached hydrogens (tertiary/aromatic N) is 2. The topological polar surface area (TPSA) is 40.6 Å². The first kappa shape index (κ1) is 18.2. The van der Waals surface area contributed by atoms with E-state index in [-0.39, 0.29) is 17.9 Å². The molecule has 2 amide bonds. The number of fused-ring (bicyclic) bond motifs is 1. The van der Waals surface area contributed by atoms with Gasteiger partial charge in [-0.05, 0) is 49.1 Å². The average Bonchev–Trinajstić information content (AvgIpc) is 2.97. The van der Waals surface area contributed by atoms with Gasteiger partial charge in [0.05, 0.1) is 0 Å². The van der Waals surface area contributed by atoms with Crippen molar-refractivity contribution in [1.29, 1.82) is 0 Å². The van der Waals surface area contributed by atoms with Gasteiger partial charge in [-0.15, -0.1) is 0 Å². The summed E-state index contributed by atoms with van der Waals surface area (Å²) in [5.41, 5.74) is 4.30. The Morgan fingerprint density at radius 3 is 2.46 bits per heavy atom. The SMILES string of the molecule is CCc1ccc(N(CCC(=O)N2c3ccccc3CC2C)C(C)=O)cc1. The number of carbonyl (C=O) groups excluding carboxylic acids is 2. The molecule has 4 nitrogen and oxygen atoms in total. The van der Waals surface area contributed by atoms with Gasteiger partial charge in [0.2, 0.25) is 11.8 Å².